The molecule has 0 amide bonds. The second-order valence-corrected chi connectivity index (χ2v) is 5.50. The molecule has 0 spiro atoms. The number of hydrogen-bond acceptors (Lipinski definition) is 2. The van der Waals surface area contributed by atoms with E-state index in [9.17, 15) is 4.79 Å². The number of aldehydes is 1. The van der Waals surface area contributed by atoms with Crippen LogP contribution in [0.15, 0.2) is 22.0 Å². The zero-order chi connectivity index (χ0) is 9.42. The summed E-state index contributed by atoms with van der Waals surface area (Å²) in [5.41, 5.74) is 0.775. The third-order valence-corrected chi connectivity index (χ3v) is 5.03. The maximum Gasteiger partial charge on any atom is 0.151 e. The average molecular weight is 367 g/mol. The van der Waals surface area contributed by atoms with Gasteiger partial charge in [0.05, 0.1) is 0 Å². The van der Waals surface area contributed by atoms with Crippen LogP contribution in [0.3, 0.4) is 0 Å². The van der Waals surface area contributed by atoms with Crippen LogP contribution in [0.25, 0.3) is 10.1 Å². The molecule has 1 aromatic carbocycles. The van der Waals surface area contributed by atoms with Crippen molar-refractivity contribution in [1.29, 1.82) is 0 Å². The standard InChI is InChI=1S/C9H4BrIOS/c10-7-1-6-5(3-12)4-13-9(6)2-8(7)11/h1-4H. The molecule has 2 aromatic rings. The summed E-state index contributed by atoms with van der Waals surface area (Å²) in [4.78, 5) is 10.7. The van der Waals surface area contributed by atoms with Crippen molar-refractivity contribution >= 4 is 66.2 Å². The molecule has 0 aliphatic carbocycles. The van der Waals surface area contributed by atoms with E-state index in [0.29, 0.717) is 0 Å². The highest BCUT2D eigenvalue weighted by molar-refractivity contribution is 14.1. The first-order chi connectivity index (χ1) is 6.22. The second kappa shape index (κ2) is 3.67. The predicted octanol–water partition coefficient (Wildman–Crippen LogP) is 4.08. The lowest BCUT2D eigenvalue weighted by Gasteiger charge is -1.96. The fraction of sp³-hybridized carbons (Fsp3) is 0. The van der Waals surface area contributed by atoms with Crippen molar-refractivity contribution in [1.82, 2.24) is 0 Å². The highest BCUT2D eigenvalue weighted by atomic mass is 127. The van der Waals surface area contributed by atoms with Gasteiger partial charge in [0.15, 0.2) is 6.29 Å². The van der Waals surface area contributed by atoms with Crippen LogP contribution in [-0.4, -0.2) is 6.29 Å². The number of hydrogen-bond donors (Lipinski definition) is 0. The van der Waals surface area contributed by atoms with Crippen molar-refractivity contribution in [3.8, 4) is 0 Å². The highest BCUT2D eigenvalue weighted by Gasteiger charge is 2.05. The Labute approximate surface area is 101 Å². The number of halogens is 2. The fourth-order valence-electron chi connectivity index (χ4n) is 1.13. The van der Waals surface area contributed by atoms with Gasteiger partial charge in [-0.15, -0.1) is 11.3 Å². The molecule has 0 saturated heterocycles. The first-order valence-electron chi connectivity index (χ1n) is 3.54. The molecule has 0 saturated carbocycles. The molecular weight excluding hydrogens is 363 g/mol. The van der Waals surface area contributed by atoms with Crippen LogP contribution in [0.4, 0.5) is 0 Å². The molecule has 66 valence electrons. The van der Waals surface area contributed by atoms with E-state index >= 15 is 0 Å². The summed E-state index contributed by atoms with van der Waals surface area (Å²) in [6.07, 6.45) is 0.901. The molecule has 0 unspecified atom stereocenters. The maximum atomic E-state index is 10.7. The fourth-order valence-corrected chi connectivity index (χ4v) is 3.08. The molecule has 0 fully saturated rings. The van der Waals surface area contributed by atoms with Gasteiger partial charge in [-0.2, -0.15) is 0 Å². The summed E-state index contributed by atoms with van der Waals surface area (Å²) in [7, 11) is 0. The smallest absolute Gasteiger partial charge is 0.151 e. The molecule has 4 heteroatoms. The molecular formula is C9H4BrIOS. The number of benzene rings is 1. The number of thiophene rings is 1. The van der Waals surface area contributed by atoms with Gasteiger partial charge in [0.1, 0.15) is 0 Å². The minimum Gasteiger partial charge on any atom is -0.298 e. The normalized spacial score (nSPS) is 10.6. The lowest BCUT2D eigenvalue weighted by molar-refractivity contribution is 0.112. The molecule has 0 radical (unpaired) electrons. The van der Waals surface area contributed by atoms with Gasteiger partial charge >= 0.3 is 0 Å². The van der Waals surface area contributed by atoms with Crippen molar-refractivity contribution in [2.24, 2.45) is 0 Å². The molecule has 1 aromatic heterocycles. The Morgan fingerprint density at radius 2 is 2.23 bits per heavy atom. The van der Waals surface area contributed by atoms with Crippen molar-refractivity contribution in [3.05, 3.63) is 31.1 Å². The van der Waals surface area contributed by atoms with E-state index in [-0.39, 0.29) is 0 Å². The van der Waals surface area contributed by atoms with Crippen molar-refractivity contribution in [2.75, 3.05) is 0 Å². The largest absolute Gasteiger partial charge is 0.298 e. The Morgan fingerprint density at radius 1 is 1.46 bits per heavy atom. The van der Waals surface area contributed by atoms with E-state index < -0.39 is 0 Å². The molecule has 0 N–H and O–H groups in total. The Bertz CT molecular complexity index is 478. The third-order valence-electron chi connectivity index (χ3n) is 1.77. The zero-order valence-corrected chi connectivity index (χ0v) is 10.9. The molecule has 2 rings (SSSR count). The van der Waals surface area contributed by atoms with Gasteiger partial charge in [-0.05, 0) is 50.7 Å². The zero-order valence-electron chi connectivity index (χ0n) is 6.38. The second-order valence-electron chi connectivity index (χ2n) is 2.57. The molecule has 1 nitrogen and oxygen atoms in total. The molecule has 1 heterocycles. The van der Waals surface area contributed by atoms with Gasteiger partial charge in [-0.3, -0.25) is 4.79 Å². The Kier molecular flexibility index (Phi) is 2.71. The number of carbonyl (C=O) groups excluding carboxylic acids is 1. The summed E-state index contributed by atoms with van der Waals surface area (Å²) in [6.45, 7) is 0. The lowest BCUT2D eigenvalue weighted by atomic mass is 10.2. The van der Waals surface area contributed by atoms with Crippen LogP contribution < -0.4 is 0 Å². The monoisotopic (exact) mass is 366 g/mol. The van der Waals surface area contributed by atoms with E-state index in [2.05, 4.69) is 44.6 Å². The summed E-state index contributed by atoms with van der Waals surface area (Å²) >= 11 is 7.32. The van der Waals surface area contributed by atoms with E-state index in [1.807, 2.05) is 11.4 Å². The van der Waals surface area contributed by atoms with Crippen LogP contribution in [0.5, 0.6) is 0 Å². The van der Waals surface area contributed by atoms with E-state index in [0.717, 1.165) is 26.4 Å². The summed E-state index contributed by atoms with van der Waals surface area (Å²) in [5, 5.41) is 2.92. The van der Waals surface area contributed by atoms with Gasteiger partial charge in [-0.1, -0.05) is 0 Å². The molecule has 0 bridgehead atoms. The predicted molar refractivity (Wildman–Crippen MR) is 67.6 cm³/mol. The van der Waals surface area contributed by atoms with Gasteiger partial charge < -0.3 is 0 Å². The summed E-state index contributed by atoms with van der Waals surface area (Å²) < 4.78 is 3.38. The Hall–Kier alpha value is 0.0600. The first-order valence-corrected chi connectivity index (χ1v) is 6.29. The van der Waals surface area contributed by atoms with Crippen LogP contribution in [0, 0.1) is 3.57 Å². The van der Waals surface area contributed by atoms with Crippen LogP contribution in [0.2, 0.25) is 0 Å². The maximum absolute atomic E-state index is 10.7. The quantitative estimate of drug-likeness (QED) is 0.549. The van der Waals surface area contributed by atoms with E-state index in [1.165, 1.54) is 3.57 Å². The first kappa shape index (κ1) is 9.61. The van der Waals surface area contributed by atoms with E-state index in [4.69, 9.17) is 0 Å². The minimum absolute atomic E-state index is 0.775. The molecule has 0 aliphatic rings. The lowest BCUT2D eigenvalue weighted by Crippen LogP contribution is -1.77. The van der Waals surface area contributed by atoms with Crippen LogP contribution in [0.1, 0.15) is 10.4 Å². The number of fused-ring (bicyclic) bond motifs is 1. The van der Waals surface area contributed by atoms with Gasteiger partial charge in [0, 0.05) is 29.1 Å². The number of carbonyl (C=O) groups is 1. The highest BCUT2D eigenvalue weighted by Crippen LogP contribution is 2.31. The number of rotatable bonds is 1. The van der Waals surface area contributed by atoms with Gasteiger partial charge in [-0.25, -0.2) is 0 Å². The average Bonchev–Trinajstić information content (AvgIpc) is 2.48. The van der Waals surface area contributed by atoms with Crippen LogP contribution in [-0.2, 0) is 0 Å². The molecule has 0 atom stereocenters. The molecule has 13 heavy (non-hydrogen) atoms. The van der Waals surface area contributed by atoms with Gasteiger partial charge in [0.2, 0.25) is 0 Å². The Balaban J connectivity index is 2.84. The minimum atomic E-state index is 0.775. The van der Waals surface area contributed by atoms with Crippen molar-refractivity contribution < 1.29 is 4.79 Å². The molecule has 0 aliphatic heterocycles. The van der Waals surface area contributed by atoms with Gasteiger partial charge in [0.25, 0.3) is 0 Å². The topological polar surface area (TPSA) is 17.1 Å². The summed E-state index contributed by atoms with van der Waals surface area (Å²) in [6, 6.07) is 4.08. The third kappa shape index (κ3) is 1.67. The van der Waals surface area contributed by atoms with Crippen molar-refractivity contribution in [3.63, 3.8) is 0 Å². The SMILES string of the molecule is O=Cc1csc2cc(I)c(Br)cc12. The van der Waals surface area contributed by atoms with E-state index in [1.54, 1.807) is 11.3 Å². The summed E-state index contributed by atoms with van der Waals surface area (Å²) in [5.74, 6) is 0. The van der Waals surface area contributed by atoms with Crippen LogP contribution >= 0.6 is 49.9 Å². The van der Waals surface area contributed by atoms with Crippen molar-refractivity contribution in [2.45, 2.75) is 0 Å². The Morgan fingerprint density at radius 3 is 2.92 bits per heavy atom.